The Hall–Kier alpha value is -1.85. The summed E-state index contributed by atoms with van der Waals surface area (Å²) >= 11 is 0. The van der Waals surface area contributed by atoms with E-state index in [4.69, 9.17) is 0 Å². The summed E-state index contributed by atoms with van der Waals surface area (Å²) in [5.41, 5.74) is -1.29. The maximum absolute atomic E-state index is 13.3. The molecule has 0 amide bonds. The fourth-order valence-electron chi connectivity index (χ4n) is 1.37. The molecule has 6 heteroatoms. The van der Waals surface area contributed by atoms with Crippen molar-refractivity contribution in [2.45, 2.75) is 0 Å². The van der Waals surface area contributed by atoms with Gasteiger partial charge in [0.1, 0.15) is 5.76 Å². The van der Waals surface area contributed by atoms with Crippen molar-refractivity contribution in [2.75, 3.05) is 0 Å². The van der Waals surface area contributed by atoms with Gasteiger partial charge in [-0.15, -0.1) is 0 Å². The van der Waals surface area contributed by atoms with Gasteiger partial charge >= 0.3 is 0 Å². The smallest absolute Gasteiger partial charge is 0.200 e. The van der Waals surface area contributed by atoms with Gasteiger partial charge in [0.15, 0.2) is 23.3 Å². The first kappa shape index (κ1) is 11.6. The number of furan rings is 1. The van der Waals surface area contributed by atoms with E-state index in [1.807, 2.05) is 0 Å². The molecule has 0 aliphatic carbocycles. The summed E-state index contributed by atoms with van der Waals surface area (Å²) in [7, 11) is 0. The van der Waals surface area contributed by atoms with Crippen LogP contribution in [0.3, 0.4) is 0 Å². The molecule has 17 heavy (non-hydrogen) atoms. The van der Waals surface area contributed by atoms with Crippen molar-refractivity contribution >= 4 is 0 Å². The fourth-order valence-corrected chi connectivity index (χ4v) is 1.37. The Balaban J connectivity index is 2.78. The Bertz CT molecular complexity index is 559. The van der Waals surface area contributed by atoms with E-state index >= 15 is 0 Å². The standard InChI is InChI=1S/C11H4F5O/c1-4-2-5(3-17-4)6-7(12)9(14)11(16)10(15)8(6)13/h2-3H,1H2. The minimum Gasteiger partial charge on any atom is -0.469 e. The van der Waals surface area contributed by atoms with E-state index in [-0.39, 0.29) is 11.3 Å². The number of halogens is 5. The molecule has 1 aromatic carbocycles. The van der Waals surface area contributed by atoms with Gasteiger partial charge in [0.05, 0.1) is 11.8 Å². The normalized spacial score (nSPS) is 10.9. The fraction of sp³-hybridized carbons (Fsp3) is 0. The average molecular weight is 247 g/mol. The van der Waals surface area contributed by atoms with Gasteiger partial charge in [-0.1, -0.05) is 0 Å². The van der Waals surface area contributed by atoms with Crippen molar-refractivity contribution in [2.24, 2.45) is 0 Å². The first-order valence-electron chi connectivity index (χ1n) is 4.35. The van der Waals surface area contributed by atoms with Gasteiger partial charge < -0.3 is 4.42 Å². The predicted octanol–water partition coefficient (Wildman–Crippen LogP) is 3.82. The lowest BCUT2D eigenvalue weighted by molar-refractivity contribution is 0.381. The van der Waals surface area contributed by atoms with Crippen LogP contribution in [0, 0.1) is 36.0 Å². The summed E-state index contributed by atoms with van der Waals surface area (Å²) in [5.74, 6) is -9.94. The van der Waals surface area contributed by atoms with Gasteiger partial charge in [-0.2, -0.15) is 0 Å². The topological polar surface area (TPSA) is 13.1 Å². The zero-order chi connectivity index (χ0) is 12.7. The molecule has 2 rings (SSSR count). The Morgan fingerprint density at radius 1 is 0.824 bits per heavy atom. The summed E-state index contributed by atoms with van der Waals surface area (Å²) in [5, 5.41) is 0. The summed E-state index contributed by atoms with van der Waals surface area (Å²) in [4.78, 5) is 0. The minimum atomic E-state index is -2.19. The highest BCUT2D eigenvalue weighted by Gasteiger charge is 2.27. The summed E-state index contributed by atoms with van der Waals surface area (Å²) in [6.07, 6.45) is 0.862. The van der Waals surface area contributed by atoms with Crippen LogP contribution >= 0.6 is 0 Å². The number of benzene rings is 1. The van der Waals surface area contributed by atoms with E-state index in [1.165, 1.54) is 0 Å². The average Bonchev–Trinajstić information content (AvgIpc) is 2.71. The molecule has 0 atom stereocenters. The molecule has 0 bridgehead atoms. The largest absolute Gasteiger partial charge is 0.469 e. The number of hydrogen-bond donors (Lipinski definition) is 0. The van der Waals surface area contributed by atoms with Crippen molar-refractivity contribution in [3.8, 4) is 11.1 Å². The second-order valence-electron chi connectivity index (χ2n) is 3.25. The third-order valence-corrected chi connectivity index (χ3v) is 2.15. The van der Waals surface area contributed by atoms with Crippen LogP contribution < -0.4 is 0 Å². The summed E-state index contributed by atoms with van der Waals surface area (Å²) in [6.45, 7) is 3.32. The molecule has 0 saturated heterocycles. The van der Waals surface area contributed by atoms with Crippen molar-refractivity contribution in [1.29, 1.82) is 0 Å². The summed E-state index contributed by atoms with van der Waals surface area (Å²) < 4.78 is 69.8. The van der Waals surface area contributed by atoms with E-state index in [0.29, 0.717) is 0 Å². The molecule has 1 radical (unpaired) electrons. The molecule has 0 fully saturated rings. The first-order valence-corrected chi connectivity index (χ1v) is 4.35. The highest BCUT2D eigenvalue weighted by Crippen LogP contribution is 2.32. The van der Waals surface area contributed by atoms with Crippen molar-refractivity contribution in [1.82, 2.24) is 0 Å². The maximum Gasteiger partial charge on any atom is 0.200 e. The van der Waals surface area contributed by atoms with Gasteiger partial charge in [0.25, 0.3) is 0 Å². The highest BCUT2D eigenvalue weighted by atomic mass is 19.2. The number of hydrogen-bond acceptors (Lipinski definition) is 1. The van der Waals surface area contributed by atoms with Crippen molar-refractivity contribution in [3.63, 3.8) is 0 Å². The SMILES string of the molecule is [CH2]c1cc(-c2c(F)c(F)c(F)c(F)c2F)co1. The van der Waals surface area contributed by atoms with E-state index < -0.39 is 34.6 Å². The van der Waals surface area contributed by atoms with Crippen LogP contribution in [-0.4, -0.2) is 0 Å². The van der Waals surface area contributed by atoms with Crippen LogP contribution in [0.5, 0.6) is 0 Å². The highest BCUT2D eigenvalue weighted by molar-refractivity contribution is 5.64. The second-order valence-corrected chi connectivity index (χ2v) is 3.25. The van der Waals surface area contributed by atoms with Crippen LogP contribution in [-0.2, 0) is 0 Å². The molecular formula is C11H4F5O. The first-order chi connectivity index (χ1) is 7.93. The van der Waals surface area contributed by atoms with Crippen LogP contribution in [0.1, 0.15) is 5.76 Å². The van der Waals surface area contributed by atoms with Gasteiger partial charge in [-0.3, -0.25) is 0 Å². The third-order valence-electron chi connectivity index (χ3n) is 2.15. The lowest BCUT2D eigenvalue weighted by Gasteiger charge is -2.05. The molecule has 2 aromatic rings. The molecule has 0 aliphatic rings. The maximum atomic E-state index is 13.3. The van der Waals surface area contributed by atoms with E-state index in [2.05, 4.69) is 11.3 Å². The molecule has 0 N–H and O–H groups in total. The monoisotopic (exact) mass is 247 g/mol. The van der Waals surface area contributed by atoms with Crippen molar-refractivity contribution < 1.29 is 26.4 Å². The van der Waals surface area contributed by atoms with E-state index in [0.717, 1.165) is 12.3 Å². The van der Waals surface area contributed by atoms with Gasteiger partial charge in [-0.25, -0.2) is 22.0 Å². The van der Waals surface area contributed by atoms with E-state index in [1.54, 1.807) is 0 Å². The van der Waals surface area contributed by atoms with Gasteiger partial charge in [-0.05, 0) is 6.07 Å². The van der Waals surface area contributed by atoms with Crippen LogP contribution in [0.4, 0.5) is 22.0 Å². The minimum absolute atomic E-state index is 0.0453. The zero-order valence-electron chi connectivity index (χ0n) is 8.16. The van der Waals surface area contributed by atoms with Crippen LogP contribution in [0.2, 0.25) is 0 Å². The summed E-state index contributed by atoms with van der Waals surface area (Å²) in [6, 6.07) is 1.07. The molecule has 0 spiro atoms. The lowest BCUT2D eigenvalue weighted by atomic mass is 10.1. The molecule has 0 unspecified atom stereocenters. The van der Waals surface area contributed by atoms with Gasteiger partial charge in [0.2, 0.25) is 5.82 Å². The Kier molecular flexibility index (Phi) is 2.65. The predicted molar refractivity (Wildman–Crippen MR) is 48.4 cm³/mol. The Morgan fingerprint density at radius 2 is 1.29 bits per heavy atom. The molecule has 89 valence electrons. The quantitative estimate of drug-likeness (QED) is 0.424. The molecule has 0 aliphatic heterocycles. The third kappa shape index (κ3) is 1.69. The molecule has 1 aromatic heterocycles. The Labute approximate surface area is 92.5 Å². The molecule has 0 saturated carbocycles. The van der Waals surface area contributed by atoms with Crippen LogP contribution in [0.15, 0.2) is 16.7 Å². The van der Waals surface area contributed by atoms with E-state index in [9.17, 15) is 22.0 Å². The molecular weight excluding hydrogens is 243 g/mol. The molecule has 1 nitrogen and oxygen atoms in total. The van der Waals surface area contributed by atoms with Crippen molar-refractivity contribution in [3.05, 3.63) is 54.1 Å². The second kappa shape index (κ2) is 3.87. The Morgan fingerprint density at radius 3 is 1.71 bits per heavy atom. The number of rotatable bonds is 1. The van der Waals surface area contributed by atoms with Crippen LogP contribution in [0.25, 0.3) is 11.1 Å². The van der Waals surface area contributed by atoms with Gasteiger partial charge in [0, 0.05) is 12.5 Å². The molecule has 1 heterocycles. The lowest BCUT2D eigenvalue weighted by Crippen LogP contribution is -2.03. The zero-order valence-corrected chi connectivity index (χ0v) is 8.16.